The highest BCUT2D eigenvalue weighted by Crippen LogP contribution is 2.31. The van der Waals surface area contributed by atoms with Crippen molar-refractivity contribution >= 4 is 52.5 Å². The molecule has 0 radical (unpaired) electrons. The monoisotopic (exact) mass is 569 g/mol. The first-order valence-electron chi connectivity index (χ1n) is 11.6. The Morgan fingerprint density at radius 1 is 0.974 bits per heavy atom. The third-order valence-electron chi connectivity index (χ3n) is 5.70. The van der Waals surface area contributed by atoms with Gasteiger partial charge in [-0.05, 0) is 68.9 Å². The molecule has 4 rings (SSSR count). The fourth-order valence-electron chi connectivity index (χ4n) is 3.59. The molecule has 1 amide bonds. The number of hydrogen-bond donors (Lipinski definition) is 1. The summed E-state index contributed by atoms with van der Waals surface area (Å²) in [5, 5.41) is 16.0. The third-order valence-corrected chi connectivity index (χ3v) is 7.23. The first-order valence-corrected chi connectivity index (χ1v) is 13.3. The van der Waals surface area contributed by atoms with E-state index >= 15 is 0 Å². The van der Waals surface area contributed by atoms with E-state index in [-0.39, 0.29) is 17.1 Å². The number of benzene rings is 3. The van der Waals surface area contributed by atoms with E-state index in [1.165, 1.54) is 23.6 Å². The molecule has 0 saturated heterocycles. The SMILES string of the molecule is COC(=O)c1ccc(-c2ccc(NC(=O)CSc3nnnn3-c3ccc(C(C)(C)C)cc3Cl)c(Cl)c2)cc1. The van der Waals surface area contributed by atoms with Crippen molar-refractivity contribution in [2.75, 3.05) is 18.2 Å². The first-order chi connectivity index (χ1) is 18.1. The summed E-state index contributed by atoms with van der Waals surface area (Å²) < 4.78 is 6.24. The standard InChI is InChI=1S/C27H25Cl2N5O3S/c1-27(2,3)19-10-12-23(21(29)14-19)34-26(31-32-33-34)38-15-24(35)30-22-11-9-18(13-20(22)28)16-5-7-17(8-6-16)25(36)37-4/h5-14H,15H2,1-4H3,(H,30,35). The Morgan fingerprint density at radius 2 is 1.68 bits per heavy atom. The molecule has 0 atom stereocenters. The summed E-state index contributed by atoms with van der Waals surface area (Å²) in [4.78, 5) is 24.3. The summed E-state index contributed by atoms with van der Waals surface area (Å²) in [5.74, 6) is -0.609. The smallest absolute Gasteiger partial charge is 0.337 e. The minimum atomic E-state index is -0.402. The van der Waals surface area contributed by atoms with Crippen LogP contribution in [-0.4, -0.2) is 44.9 Å². The van der Waals surface area contributed by atoms with Gasteiger partial charge in [0.05, 0.1) is 39.8 Å². The van der Waals surface area contributed by atoms with Crippen LogP contribution in [0.2, 0.25) is 10.0 Å². The lowest BCUT2D eigenvalue weighted by Gasteiger charge is -2.20. The molecule has 4 aromatic rings. The highest BCUT2D eigenvalue weighted by Gasteiger charge is 2.19. The topological polar surface area (TPSA) is 99.0 Å². The number of rotatable bonds is 7. The molecule has 8 nitrogen and oxygen atoms in total. The van der Waals surface area contributed by atoms with Gasteiger partial charge in [-0.15, -0.1) is 5.10 Å². The summed E-state index contributed by atoms with van der Waals surface area (Å²) in [5.41, 5.74) is 4.32. The number of ether oxygens (including phenoxy) is 1. The van der Waals surface area contributed by atoms with Gasteiger partial charge in [-0.25, -0.2) is 4.79 Å². The normalized spacial score (nSPS) is 11.3. The van der Waals surface area contributed by atoms with E-state index in [9.17, 15) is 9.59 Å². The molecule has 0 saturated carbocycles. The van der Waals surface area contributed by atoms with Gasteiger partial charge >= 0.3 is 5.97 Å². The minimum absolute atomic E-state index is 0.0486. The Bertz CT molecular complexity index is 1480. The van der Waals surface area contributed by atoms with Crippen LogP contribution in [0.1, 0.15) is 36.7 Å². The van der Waals surface area contributed by atoms with Gasteiger partial charge in [0.25, 0.3) is 0 Å². The number of aromatic nitrogens is 4. The Hall–Kier alpha value is -3.40. The second-order valence-electron chi connectivity index (χ2n) is 9.39. The van der Waals surface area contributed by atoms with Gasteiger partial charge in [0.1, 0.15) is 0 Å². The van der Waals surface area contributed by atoms with Crippen molar-refractivity contribution < 1.29 is 14.3 Å². The number of thioether (sulfide) groups is 1. The molecule has 0 bridgehead atoms. The highest BCUT2D eigenvalue weighted by atomic mass is 35.5. The lowest BCUT2D eigenvalue weighted by molar-refractivity contribution is -0.113. The molecule has 0 unspecified atom stereocenters. The zero-order chi connectivity index (χ0) is 27.4. The van der Waals surface area contributed by atoms with Crippen molar-refractivity contribution in [2.45, 2.75) is 31.3 Å². The fourth-order valence-corrected chi connectivity index (χ4v) is 4.77. The van der Waals surface area contributed by atoms with Crippen LogP contribution in [0.3, 0.4) is 0 Å². The van der Waals surface area contributed by atoms with Crippen LogP contribution < -0.4 is 5.32 Å². The number of carbonyl (C=O) groups is 2. The van der Waals surface area contributed by atoms with Crippen LogP contribution in [0.25, 0.3) is 16.8 Å². The zero-order valence-electron chi connectivity index (χ0n) is 21.2. The first kappa shape index (κ1) is 27.6. The maximum Gasteiger partial charge on any atom is 0.337 e. The number of tetrazole rings is 1. The molecule has 1 heterocycles. The molecule has 0 aliphatic rings. The van der Waals surface area contributed by atoms with Gasteiger partial charge < -0.3 is 10.1 Å². The fraction of sp³-hybridized carbons (Fsp3) is 0.222. The summed E-state index contributed by atoms with van der Waals surface area (Å²) in [6.07, 6.45) is 0. The number of esters is 1. The quantitative estimate of drug-likeness (QED) is 0.201. The van der Waals surface area contributed by atoms with Gasteiger partial charge in [0.15, 0.2) is 0 Å². The van der Waals surface area contributed by atoms with Crippen LogP contribution in [0.5, 0.6) is 0 Å². The molecular formula is C27H25Cl2N5O3S. The Morgan fingerprint density at radius 3 is 2.32 bits per heavy atom. The zero-order valence-corrected chi connectivity index (χ0v) is 23.5. The Balaban J connectivity index is 1.41. The molecular weight excluding hydrogens is 545 g/mol. The van der Waals surface area contributed by atoms with E-state index in [2.05, 4.69) is 41.6 Å². The number of anilines is 1. The number of carbonyl (C=O) groups excluding carboxylic acids is 2. The van der Waals surface area contributed by atoms with Gasteiger partial charge in [0, 0.05) is 0 Å². The lowest BCUT2D eigenvalue weighted by atomic mass is 9.87. The second kappa shape index (κ2) is 11.6. The number of nitrogens with one attached hydrogen (secondary N) is 1. The van der Waals surface area contributed by atoms with Gasteiger partial charge in [-0.1, -0.05) is 80.0 Å². The van der Waals surface area contributed by atoms with Gasteiger partial charge in [-0.2, -0.15) is 4.68 Å². The van der Waals surface area contributed by atoms with Crippen LogP contribution in [0.4, 0.5) is 5.69 Å². The lowest BCUT2D eigenvalue weighted by Crippen LogP contribution is -2.15. The molecule has 0 aliphatic carbocycles. The molecule has 1 N–H and O–H groups in total. The van der Waals surface area contributed by atoms with E-state index in [0.717, 1.165) is 16.7 Å². The highest BCUT2D eigenvalue weighted by molar-refractivity contribution is 7.99. The average molecular weight is 571 g/mol. The average Bonchev–Trinajstić information content (AvgIpc) is 3.36. The van der Waals surface area contributed by atoms with Crippen LogP contribution in [0, 0.1) is 0 Å². The predicted octanol–water partition coefficient (Wildman–Crippen LogP) is 6.45. The van der Waals surface area contributed by atoms with Crippen LogP contribution >= 0.6 is 35.0 Å². The number of methoxy groups -OCH3 is 1. The molecule has 0 spiro atoms. The van der Waals surface area contributed by atoms with E-state index in [0.29, 0.717) is 32.1 Å². The summed E-state index contributed by atoms with van der Waals surface area (Å²) in [6, 6.07) is 18.1. The van der Waals surface area contributed by atoms with Crippen molar-refractivity contribution in [1.29, 1.82) is 0 Å². The Kier molecular flexibility index (Phi) is 8.40. The van der Waals surface area contributed by atoms with E-state index in [1.807, 2.05) is 24.3 Å². The maximum absolute atomic E-state index is 12.7. The molecule has 11 heteroatoms. The van der Waals surface area contributed by atoms with E-state index < -0.39 is 5.97 Å². The number of hydrogen-bond acceptors (Lipinski definition) is 7. The second-order valence-corrected chi connectivity index (χ2v) is 11.1. The molecule has 0 aliphatic heterocycles. The number of nitrogens with zero attached hydrogens (tertiary/aromatic N) is 4. The van der Waals surface area contributed by atoms with Crippen molar-refractivity contribution in [1.82, 2.24) is 20.2 Å². The summed E-state index contributed by atoms with van der Waals surface area (Å²) in [6.45, 7) is 6.33. The van der Waals surface area contributed by atoms with Crippen LogP contribution in [0.15, 0.2) is 65.8 Å². The molecule has 0 fully saturated rings. The Labute approximate surface area is 234 Å². The molecule has 38 heavy (non-hydrogen) atoms. The maximum atomic E-state index is 12.7. The van der Waals surface area contributed by atoms with E-state index in [1.54, 1.807) is 36.4 Å². The van der Waals surface area contributed by atoms with E-state index in [4.69, 9.17) is 27.9 Å². The van der Waals surface area contributed by atoms with Crippen molar-refractivity contribution in [3.8, 4) is 16.8 Å². The minimum Gasteiger partial charge on any atom is -0.465 e. The van der Waals surface area contributed by atoms with Crippen molar-refractivity contribution in [3.63, 3.8) is 0 Å². The third kappa shape index (κ3) is 6.35. The largest absolute Gasteiger partial charge is 0.465 e. The van der Waals surface area contributed by atoms with Crippen molar-refractivity contribution in [2.24, 2.45) is 0 Å². The number of amides is 1. The van der Waals surface area contributed by atoms with Gasteiger partial charge in [-0.3, -0.25) is 4.79 Å². The molecule has 1 aromatic heterocycles. The predicted molar refractivity (Wildman–Crippen MR) is 150 cm³/mol. The van der Waals surface area contributed by atoms with Gasteiger partial charge in [0.2, 0.25) is 11.1 Å². The summed E-state index contributed by atoms with van der Waals surface area (Å²) >= 11 is 14.2. The number of halogens is 2. The summed E-state index contributed by atoms with van der Waals surface area (Å²) in [7, 11) is 1.34. The van der Waals surface area contributed by atoms with Crippen LogP contribution in [-0.2, 0) is 14.9 Å². The van der Waals surface area contributed by atoms with Crippen molar-refractivity contribution in [3.05, 3.63) is 81.8 Å². The molecule has 3 aromatic carbocycles. The molecule has 196 valence electrons.